The van der Waals surface area contributed by atoms with Crippen molar-refractivity contribution in [3.05, 3.63) is 77.9 Å². The fourth-order valence-corrected chi connectivity index (χ4v) is 4.87. The quantitative estimate of drug-likeness (QED) is 0.544. The minimum absolute atomic E-state index is 0.0483. The van der Waals surface area contributed by atoms with Crippen molar-refractivity contribution in [1.29, 1.82) is 0 Å². The first-order valence-corrected chi connectivity index (χ1v) is 11.3. The van der Waals surface area contributed by atoms with E-state index in [9.17, 15) is 9.59 Å². The monoisotopic (exact) mass is 464 g/mol. The molecule has 0 bridgehead atoms. The predicted octanol–water partition coefficient (Wildman–Crippen LogP) is 4.74. The number of methoxy groups -OCH3 is 3. The van der Waals surface area contributed by atoms with Gasteiger partial charge in [0.25, 0.3) is 5.91 Å². The number of ether oxygens (including phenoxy) is 3. The minimum Gasteiger partial charge on any atom is -0.497 e. The number of hydrogen-bond acceptors (Lipinski definition) is 6. The van der Waals surface area contributed by atoms with Crippen LogP contribution in [0.25, 0.3) is 0 Å². The van der Waals surface area contributed by atoms with Crippen molar-refractivity contribution in [3.63, 3.8) is 0 Å². The minimum atomic E-state index is -0.342. The van der Waals surface area contributed by atoms with Gasteiger partial charge in [-0.1, -0.05) is 18.2 Å². The lowest BCUT2D eigenvalue weighted by molar-refractivity contribution is -0.115. The summed E-state index contributed by atoms with van der Waals surface area (Å²) < 4.78 is 16.1. The summed E-state index contributed by atoms with van der Waals surface area (Å²) in [4.78, 5) is 27.6. The van der Waals surface area contributed by atoms with E-state index in [1.165, 1.54) is 11.8 Å². The number of anilines is 2. The number of hydrogen-bond donors (Lipinski definition) is 1. The largest absolute Gasteiger partial charge is 0.497 e. The van der Waals surface area contributed by atoms with E-state index in [2.05, 4.69) is 5.32 Å². The van der Waals surface area contributed by atoms with Gasteiger partial charge in [0, 0.05) is 22.9 Å². The van der Waals surface area contributed by atoms with Gasteiger partial charge in [-0.15, -0.1) is 11.8 Å². The van der Waals surface area contributed by atoms with E-state index in [4.69, 9.17) is 14.2 Å². The molecule has 1 saturated heterocycles. The molecule has 1 fully saturated rings. The summed E-state index contributed by atoms with van der Waals surface area (Å²) in [6.07, 6.45) is 0. The van der Waals surface area contributed by atoms with Gasteiger partial charge in [-0.2, -0.15) is 0 Å². The van der Waals surface area contributed by atoms with E-state index in [1.54, 1.807) is 68.7 Å². The third-order valence-electron chi connectivity index (χ3n) is 5.34. The van der Waals surface area contributed by atoms with Crippen molar-refractivity contribution < 1.29 is 23.8 Å². The number of thioether (sulfide) groups is 1. The van der Waals surface area contributed by atoms with Gasteiger partial charge in [0.05, 0.1) is 32.8 Å². The zero-order chi connectivity index (χ0) is 23.4. The van der Waals surface area contributed by atoms with Crippen molar-refractivity contribution in [2.75, 3.05) is 37.3 Å². The highest BCUT2D eigenvalue weighted by molar-refractivity contribution is 8.00. The smallest absolute Gasteiger partial charge is 0.255 e. The molecule has 1 heterocycles. The predicted molar refractivity (Wildman–Crippen MR) is 130 cm³/mol. The number of nitrogens with one attached hydrogen (secondary N) is 1. The van der Waals surface area contributed by atoms with Crippen molar-refractivity contribution in [3.8, 4) is 17.2 Å². The molecule has 2 amide bonds. The van der Waals surface area contributed by atoms with Crippen LogP contribution >= 0.6 is 11.8 Å². The van der Waals surface area contributed by atoms with Crippen LogP contribution < -0.4 is 24.4 Å². The van der Waals surface area contributed by atoms with Gasteiger partial charge >= 0.3 is 0 Å². The normalized spacial score (nSPS) is 15.3. The number of benzene rings is 3. The topological polar surface area (TPSA) is 77.1 Å². The van der Waals surface area contributed by atoms with Crippen molar-refractivity contribution in [2.45, 2.75) is 5.37 Å². The second kappa shape index (κ2) is 9.87. The number of para-hydroxylation sites is 1. The first-order chi connectivity index (χ1) is 16.0. The maximum atomic E-state index is 13.0. The van der Waals surface area contributed by atoms with E-state index in [-0.39, 0.29) is 17.2 Å². The van der Waals surface area contributed by atoms with Crippen LogP contribution in [-0.4, -0.2) is 38.9 Å². The Morgan fingerprint density at radius 3 is 2.33 bits per heavy atom. The molecule has 3 aromatic rings. The number of nitrogens with zero attached hydrogens (tertiary/aromatic N) is 1. The highest BCUT2D eigenvalue weighted by atomic mass is 32.2. The third kappa shape index (κ3) is 4.61. The van der Waals surface area contributed by atoms with Crippen LogP contribution in [0.4, 0.5) is 11.4 Å². The van der Waals surface area contributed by atoms with Gasteiger partial charge in [-0.25, -0.2) is 0 Å². The lowest BCUT2D eigenvalue weighted by Crippen LogP contribution is -2.29. The maximum absolute atomic E-state index is 13.0. The van der Waals surface area contributed by atoms with Crippen LogP contribution in [0.5, 0.6) is 17.2 Å². The van der Waals surface area contributed by atoms with Crippen molar-refractivity contribution in [1.82, 2.24) is 0 Å². The van der Waals surface area contributed by atoms with Gasteiger partial charge < -0.3 is 19.5 Å². The van der Waals surface area contributed by atoms with E-state index in [1.807, 2.05) is 24.3 Å². The lowest BCUT2D eigenvalue weighted by atomic mass is 10.1. The molecule has 7 nitrogen and oxygen atoms in total. The summed E-state index contributed by atoms with van der Waals surface area (Å²) in [6.45, 7) is 0. The van der Waals surface area contributed by atoms with Crippen LogP contribution in [0.15, 0.2) is 66.7 Å². The second-order valence-corrected chi connectivity index (χ2v) is 8.30. The molecule has 33 heavy (non-hydrogen) atoms. The average Bonchev–Trinajstić information content (AvgIpc) is 3.24. The molecule has 3 aromatic carbocycles. The van der Waals surface area contributed by atoms with E-state index >= 15 is 0 Å². The SMILES string of the molecule is COc1ccc(C(=O)Nc2ccccc2[C@H]2SCC(=O)N2c2cc(OC)ccc2OC)cc1. The molecular formula is C25H24N2O5S. The van der Waals surface area contributed by atoms with Crippen LogP contribution in [0.2, 0.25) is 0 Å². The highest BCUT2D eigenvalue weighted by Crippen LogP contribution is 2.47. The van der Waals surface area contributed by atoms with Crippen LogP contribution in [0.1, 0.15) is 21.3 Å². The van der Waals surface area contributed by atoms with Crippen LogP contribution in [-0.2, 0) is 4.79 Å². The molecule has 0 spiro atoms. The van der Waals surface area contributed by atoms with Gasteiger partial charge in [0.1, 0.15) is 22.6 Å². The molecule has 4 rings (SSSR count). The number of carbonyl (C=O) groups excluding carboxylic acids is 2. The number of rotatable bonds is 7. The molecule has 0 saturated carbocycles. The Balaban J connectivity index is 1.68. The first kappa shape index (κ1) is 22.5. The van der Waals surface area contributed by atoms with Crippen molar-refractivity contribution >= 4 is 35.0 Å². The van der Waals surface area contributed by atoms with Gasteiger partial charge in [0.15, 0.2) is 0 Å². The fraction of sp³-hybridized carbons (Fsp3) is 0.200. The lowest BCUT2D eigenvalue weighted by Gasteiger charge is -2.27. The molecule has 1 aliphatic heterocycles. The van der Waals surface area contributed by atoms with E-state index < -0.39 is 0 Å². The zero-order valence-electron chi connectivity index (χ0n) is 18.5. The molecular weight excluding hydrogens is 440 g/mol. The summed E-state index contributed by atoms with van der Waals surface area (Å²) in [5, 5.41) is 2.65. The molecule has 1 atom stereocenters. The Hall–Kier alpha value is -3.65. The first-order valence-electron chi connectivity index (χ1n) is 10.3. The van der Waals surface area contributed by atoms with Crippen LogP contribution in [0.3, 0.4) is 0 Å². The molecule has 1 aliphatic rings. The van der Waals surface area contributed by atoms with Gasteiger partial charge in [0.2, 0.25) is 5.91 Å². The third-order valence-corrected chi connectivity index (χ3v) is 6.53. The second-order valence-electron chi connectivity index (χ2n) is 7.23. The highest BCUT2D eigenvalue weighted by Gasteiger charge is 2.37. The summed E-state index contributed by atoms with van der Waals surface area (Å²) in [5.74, 6) is 1.88. The zero-order valence-corrected chi connectivity index (χ0v) is 19.3. The standard InChI is InChI=1S/C25H24N2O5S/c1-30-17-10-8-16(9-11-17)24(29)26-20-7-5-4-6-19(20)25-27(23(28)15-33-25)21-14-18(31-2)12-13-22(21)32-3/h4-14,25H,15H2,1-3H3,(H,26,29)/t25-/m1/s1. The Morgan fingerprint density at radius 1 is 0.939 bits per heavy atom. The van der Waals surface area contributed by atoms with Crippen LogP contribution in [0, 0.1) is 0 Å². The Morgan fingerprint density at radius 2 is 1.64 bits per heavy atom. The van der Waals surface area contributed by atoms with Gasteiger partial charge in [-0.3, -0.25) is 14.5 Å². The average molecular weight is 465 g/mol. The maximum Gasteiger partial charge on any atom is 0.255 e. The molecule has 0 radical (unpaired) electrons. The van der Waals surface area contributed by atoms with E-state index in [0.717, 1.165) is 5.56 Å². The molecule has 170 valence electrons. The van der Waals surface area contributed by atoms with E-state index in [0.29, 0.717) is 39.9 Å². The van der Waals surface area contributed by atoms with Crippen molar-refractivity contribution in [2.24, 2.45) is 0 Å². The molecule has 0 aromatic heterocycles. The molecule has 0 aliphatic carbocycles. The Kier molecular flexibility index (Phi) is 6.74. The molecule has 8 heteroatoms. The summed E-state index contributed by atoms with van der Waals surface area (Å²) >= 11 is 1.49. The summed E-state index contributed by atoms with van der Waals surface area (Å²) in [5.41, 5.74) is 2.58. The summed E-state index contributed by atoms with van der Waals surface area (Å²) in [7, 11) is 4.72. The Bertz CT molecular complexity index is 1170. The fourth-order valence-electron chi connectivity index (χ4n) is 3.66. The molecule has 1 N–H and O–H groups in total. The summed E-state index contributed by atoms with van der Waals surface area (Å²) in [6, 6.07) is 19.7. The molecule has 0 unspecified atom stereocenters. The Labute approximate surface area is 196 Å². The number of carbonyl (C=O) groups is 2. The number of amides is 2. The van der Waals surface area contributed by atoms with Gasteiger partial charge in [-0.05, 0) is 42.5 Å².